The number of unbranched alkanes of at least 4 members (excludes halogenated alkanes) is 1. The first-order valence-electron chi connectivity index (χ1n) is 5.07. The summed E-state index contributed by atoms with van der Waals surface area (Å²) in [4.78, 5) is 2.45. The third-order valence-corrected chi connectivity index (χ3v) is 2.55. The second kappa shape index (κ2) is 5.95. The SMILES string of the molecule is CCC1COCCN1CCCC#N. The summed E-state index contributed by atoms with van der Waals surface area (Å²) >= 11 is 0. The first-order chi connectivity index (χ1) is 6.38. The lowest BCUT2D eigenvalue weighted by Gasteiger charge is -2.34. The standard InChI is InChI=1S/C10H18N2O/c1-2-10-9-13-8-7-12(10)6-4-3-5-11/h10H,2-4,6-9H2,1H3. The molecule has 1 aliphatic rings. The zero-order valence-electron chi connectivity index (χ0n) is 8.33. The number of morpholine rings is 1. The topological polar surface area (TPSA) is 36.3 Å². The van der Waals surface area contributed by atoms with Gasteiger partial charge >= 0.3 is 0 Å². The molecule has 3 nitrogen and oxygen atoms in total. The van der Waals surface area contributed by atoms with Gasteiger partial charge in [-0.1, -0.05) is 6.92 Å². The summed E-state index contributed by atoms with van der Waals surface area (Å²) in [7, 11) is 0. The van der Waals surface area contributed by atoms with Crippen molar-refractivity contribution in [2.24, 2.45) is 0 Å². The van der Waals surface area contributed by atoms with Crippen LogP contribution in [0.1, 0.15) is 26.2 Å². The minimum absolute atomic E-state index is 0.576. The number of hydrogen-bond donors (Lipinski definition) is 0. The van der Waals surface area contributed by atoms with Crippen LogP contribution in [-0.4, -0.2) is 37.2 Å². The molecule has 0 bridgehead atoms. The molecule has 3 heteroatoms. The molecule has 0 radical (unpaired) electrons. The molecule has 1 saturated heterocycles. The molecule has 0 spiro atoms. The van der Waals surface area contributed by atoms with E-state index < -0.39 is 0 Å². The van der Waals surface area contributed by atoms with Gasteiger partial charge in [-0.2, -0.15) is 5.26 Å². The molecule has 0 aliphatic carbocycles. The van der Waals surface area contributed by atoms with E-state index in [4.69, 9.17) is 10.00 Å². The molecule has 0 aromatic rings. The van der Waals surface area contributed by atoms with Crippen molar-refractivity contribution < 1.29 is 4.74 Å². The minimum Gasteiger partial charge on any atom is -0.378 e. The highest BCUT2D eigenvalue weighted by Gasteiger charge is 2.20. The number of hydrogen-bond acceptors (Lipinski definition) is 3. The van der Waals surface area contributed by atoms with E-state index in [0.717, 1.165) is 39.1 Å². The predicted octanol–water partition coefficient (Wildman–Crippen LogP) is 1.40. The van der Waals surface area contributed by atoms with Gasteiger partial charge in [0.1, 0.15) is 0 Å². The molecule has 0 aromatic carbocycles. The molecule has 13 heavy (non-hydrogen) atoms. The van der Waals surface area contributed by atoms with E-state index in [1.54, 1.807) is 0 Å². The summed E-state index contributed by atoms with van der Waals surface area (Å²) in [5, 5.41) is 8.43. The quantitative estimate of drug-likeness (QED) is 0.617. The van der Waals surface area contributed by atoms with Crippen molar-refractivity contribution in [1.82, 2.24) is 4.90 Å². The Morgan fingerprint density at radius 2 is 2.46 bits per heavy atom. The molecule has 0 saturated carbocycles. The summed E-state index contributed by atoms with van der Waals surface area (Å²) < 4.78 is 5.40. The molecule has 1 fully saturated rings. The Hall–Kier alpha value is -0.590. The number of ether oxygens (including phenoxy) is 1. The lowest BCUT2D eigenvalue weighted by Crippen LogP contribution is -2.45. The van der Waals surface area contributed by atoms with Crippen LogP contribution in [0.2, 0.25) is 0 Å². The summed E-state index contributed by atoms with van der Waals surface area (Å²) in [6.07, 6.45) is 2.81. The molecule has 0 amide bonds. The highest BCUT2D eigenvalue weighted by Crippen LogP contribution is 2.10. The van der Waals surface area contributed by atoms with Crippen molar-refractivity contribution in [2.75, 3.05) is 26.3 Å². The third kappa shape index (κ3) is 3.33. The summed E-state index contributed by atoms with van der Waals surface area (Å²) in [5.41, 5.74) is 0. The Morgan fingerprint density at radius 1 is 1.62 bits per heavy atom. The molecule has 0 N–H and O–H groups in total. The second-order valence-electron chi connectivity index (χ2n) is 3.43. The van der Waals surface area contributed by atoms with E-state index >= 15 is 0 Å². The summed E-state index contributed by atoms with van der Waals surface area (Å²) in [6, 6.07) is 2.76. The highest BCUT2D eigenvalue weighted by atomic mass is 16.5. The van der Waals surface area contributed by atoms with Gasteiger partial charge in [-0.3, -0.25) is 4.90 Å². The van der Waals surface area contributed by atoms with E-state index in [9.17, 15) is 0 Å². The van der Waals surface area contributed by atoms with Gasteiger partial charge in [-0.05, 0) is 19.4 Å². The molecule has 1 heterocycles. The smallest absolute Gasteiger partial charge is 0.0622 e. The first kappa shape index (κ1) is 10.5. The normalized spacial score (nSPS) is 24.2. The van der Waals surface area contributed by atoms with Crippen LogP contribution >= 0.6 is 0 Å². The minimum atomic E-state index is 0.576. The Balaban J connectivity index is 2.24. The van der Waals surface area contributed by atoms with Gasteiger partial charge in [0, 0.05) is 19.0 Å². The van der Waals surface area contributed by atoms with Gasteiger partial charge in [0.15, 0.2) is 0 Å². The number of nitriles is 1. The molecular weight excluding hydrogens is 164 g/mol. The fraction of sp³-hybridized carbons (Fsp3) is 0.900. The van der Waals surface area contributed by atoms with Gasteiger partial charge in [-0.25, -0.2) is 0 Å². The molecule has 1 atom stereocenters. The van der Waals surface area contributed by atoms with Crippen molar-refractivity contribution >= 4 is 0 Å². The Kier molecular flexibility index (Phi) is 4.81. The molecule has 1 rings (SSSR count). The van der Waals surface area contributed by atoms with E-state index in [0.29, 0.717) is 12.5 Å². The van der Waals surface area contributed by atoms with Crippen molar-refractivity contribution in [1.29, 1.82) is 5.26 Å². The van der Waals surface area contributed by atoms with E-state index in [1.165, 1.54) is 0 Å². The van der Waals surface area contributed by atoms with Gasteiger partial charge in [0.2, 0.25) is 0 Å². The predicted molar refractivity (Wildman–Crippen MR) is 51.3 cm³/mol. The lowest BCUT2D eigenvalue weighted by atomic mass is 10.1. The zero-order valence-corrected chi connectivity index (χ0v) is 8.33. The van der Waals surface area contributed by atoms with Gasteiger partial charge < -0.3 is 4.74 Å². The Morgan fingerprint density at radius 3 is 3.15 bits per heavy atom. The van der Waals surface area contributed by atoms with Crippen LogP contribution in [0.15, 0.2) is 0 Å². The average molecular weight is 182 g/mol. The van der Waals surface area contributed by atoms with E-state index in [1.807, 2.05) is 0 Å². The highest BCUT2D eigenvalue weighted by molar-refractivity contribution is 4.76. The fourth-order valence-electron chi connectivity index (χ4n) is 1.72. The van der Waals surface area contributed by atoms with Crippen molar-refractivity contribution in [3.05, 3.63) is 0 Å². The van der Waals surface area contributed by atoms with Crippen LogP contribution in [0.5, 0.6) is 0 Å². The lowest BCUT2D eigenvalue weighted by molar-refractivity contribution is -0.00875. The van der Waals surface area contributed by atoms with Crippen LogP contribution in [0.25, 0.3) is 0 Å². The number of nitrogens with zero attached hydrogens (tertiary/aromatic N) is 2. The van der Waals surface area contributed by atoms with Gasteiger partial charge in [0.05, 0.1) is 19.3 Å². The van der Waals surface area contributed by atoms with Crippen LogP contribution in [0, 0.1) is 11.3 Å². The van der Waals surface area contributed by atoms with Crippen LogP contribution in [0.3, 0.4) is 0 Å². The molecule has 0 aromatic heterocycles. The largest absolute Gasteiger partial charge is 0.378 e. The maximum absolute atomic E-state index is 8.43. The molecular formula is C10H18N2O. The van der Waals surface area contributed by atoms with Crippen molar-refractivity contribution in [2.45, 2.75) is 32.2 Å². The Bertz CT molecular complexity index is 176. The second-order valence-corrected chi connectivity index (χ2v) is 3.43. The first-order valence-corrected chi connectivity index (χ1v) is 5.07. The number of rotatable bonds is 4. The maximum Gasteiger partial charge on any atom is 0.0622 e. The average Bonchev–Trinajstić information content (AvgIpc) is 2.19. The van der Waals surface area contributed by atoms with Crippen molar-refractivity contribution in [3.63, 3.8) is 0 Å². The maximum atomic E-state index is 8.43. The summed E-state index contributed by atoms with van der Waals surface area (Å²) in [5.74, 6) is 0. The zero-order chi connectivity index (χ0) is 9.52. The van der Waals surface area contributed by atoms with Crippen LogP contribution in [-0.2, 0) is 4.74 Å². The van der Waals surface area contributed by atoms with Crippen LogP contribution in [0.4, 0.5) is 0 Å². The van der Waals surface area contributed by atoms with Gasteiger partial charge in [-0.15, -0.1) is 0 Å². The van der Waals surface area contributed by atoms with Crippen molar-refractivity contribution in [3.8, 4) is 6.07 Å². The molecule has 1 aliphatic heterocycles. The Labute approximate surface area is 80.3 Å². The fourth-order valence-corrected chi connectivity index (χ4v) is 1.72. The molecule has 74 valence electrons. The van der Waals surface area contributed by atoms with E-state index in [2.05, 4.69) is 17.9 Å². The molecule has 1 unspecified atom stereocenters. The third-order valence-electron chi connectivity index (χ3n) is 2.55. The van der Waals surface area contributed by atoms with Crippen LogP contribution < -0.4 is 0 Å². The van der Waals surface area contributed by atoms with Gasteiger partial charge in [0.25, 0.3) is 0 Å². The monoisotopic (exact) mass is 182 g/mol. The van der Waals surface area contributed by atoms with E-state index in [-0.39, 0.29) is 0 Å². The summed E-state index contributed by atoms with van der Waals surface area (Å²) in [6.45, 7) is 5.99.